The van der Waals surface area contributed by atoms with Crippen molar-refractivity contribution >= 4 is 11.7 Å². The fourth-order valence-electron chi connectivity index (χ4n) is 4.10. The zero-order valence-corrected chi connectivity index (χ0v) is 15.9. The second-order valence-corrected chi connectivity index (χ2v) is 7.49. The summed E-state index contributed by atoms with van der Waals surface area (Å²) in [4.78, 5) is 19.6. The minimum Gasteiger partial charge on any atom is -0.356 e. The largest absolute Gasteiger partial charge is 0.356 e. The molecule has 7 heteroatoms. The van der Waals surface area contributed by atoms with Gasteiger partial charge in [0, 0.05) is 32.4 Å². The maximum absolute atomic E-state index is 12.8. The van der Waals surface area contributed by atoms with Gasteiger partial charge in [-0.2, -0.15) is 5.10 Å². The standard InChI is InChI=1S/C20H28N6O/c1-25(16-6-3-2-4-7-16)19-18(8-5-9-22-19)20(27)23-13-15-12-17-14-21-10-11-26(17)24-15/h5,8-9,12,16,21H,2-4,6-7,10-11,13-14H2,1H3,(H,23,27). The molecule has 2 aromatic rings. The van der Waals surface area contributed by atoms with Gasteiger partial charge in [-0.05, 0) is 31.0 Å². The Morgan fingerprint density at radius 2 is 2.22 bits per heavy atom. The zero-order valence-electron chi connectivity index (χ0n) is 15.9. The first kappa shape index (κ1) is 18.0. The number of pyridine rings is 1. The van der Waals surface area contributed by atoms with Gasteiger partial charge in [0.25, 0.3) is 5.91 Å². The molecule has 1 aliphatic carbocycles. The van der Waals surface area contributed by atoms with Crippen LogP contribution in [0.2, 0.25) is 0 Å². The average molecular weight is 368 g/mol. The van der Waals surface area contributed by atoms with Gasteiger partial charge in [0.05, 0.1) is 30.0 Å². The number of fused-ring (bicyclic) bond motifs is 1. The van der Waals surface area contributed by atoms with Crippen molar-refractivity contribution in [3.05, 3.63) is 41.3 Å². The Kier molecular flexibility index (Phi) is 5.38. The van der Waals surface area contributed by atoms with Crippen molar-refractivity contribution in [2.75, 3.05) is 18.5 Å². The van der Waals surface area contributed by atoms with Crippen molar-refractivity contribution in [1.82, 2.24) is 25.4 Å². The van der Waals surface area contributed by atoms with Crippen LogP contribution in [0.1, 0.15) is 53.8 Å². The lowest BCUT2D eigenvalue weighted by molar-refractivity contribution is 0.0950. The molecule has 0 spiro atoms. The molecule has 1 saturated carbocycles. The molecule has 1 aliphatic heterocycles. The normalized spacial score (nSPS) is 17.4. The number of hydrogen-bond acceptors (Lipinski definition) is 5. The molecule has 2 aromatic heterocycles. The van der Waals surface area contributed by atoms with Crippen LogP contribution in [0.15, 0.2) is 24.4 Å². The summed E-state index contributed by atoms with van der Waals surface area (Å²) in [6, 6.07) is 6.21. The van der Waals surface area contributed by atoms with Crippen LogP contribution in [-0.4, -0.2) is 40.3 Å². The highest BCUT2D eigenvalue weighted by atomic mass is 16.1. The van der Waals surface area contributed by atoms with Gasteiger partial charge in [0.1, 0.15) is 5.82 Å². The number of nitrogens with zero attached hydrogens (tertiary/aromatic N) is 4. The molecule has 4 rings (SSSR count). The summed E-state index contributed by atoms with van der Waals surface area (Å²) in [7, 11) is 2.06. The molecule has 27 heavy (non-hydrogen) atoms. The first-order chi connectivity index (χ1) is 13.2. The Morgan fingerprint density at radius 1 is 1.37 bits per heavy atom. The van der Waals surface area contributed by atoms with E-state index in [0.717, 1.165) is 31.1 Å². The molecular formula is C20H28N6O. The number of hydrogen-bond donors (Lipinski definition) is 2. The van der Waals surface area contributed by atoms with Crippen molar-refractivity contribution in [2.45, 2.75) is 57.8 Å². The lowest BCUT2D eigenvalue weighted by atomic mass is 9.94. The van der Waals surface area contributed by atoms with E-state index >= 15 is 0 Å². The minimum absolute atomic E-state index is 0.0927. The van der Waals surface area contributed by atoms with E-state index in [4.69, 9.17) is 0 Å². The summed E-state index contributed by atoms with van der Waals surface area (Å²) in [6.07, 6.45) is 7.92. The van der Waals surface area contributed by atoms with E-state index in [1.807, 2.05) is 16.8 Å². The molecule has 144 valence electrons. The van der Waals surface area contributed by atoms with Crippen molar-refractivity contribution in [3.8, 4) is 0 Å². The van der Waals surface area contributed by atoms with Gasteiger partial charge in [-0.1, -0.05) is 19.3 Å². The third-order valence-corrected chi connectivity index (χ3v) is 5.64. The second kappa shape index (κ2) is 8.08. The van der Waals surface area contributed by atoms with Gasteiger partial charge in [-0.15, -0.1) is 0 Å². The number of rotatable bonds is 5. The summed E-state index contributed by atoms with van der Waals surface area (Å²) in [6.45, 7) is 3.08. The van der Waals surface area contributed by atoms with Crippen LogP contribution in [0.5, 0.6) is 0 Å². The fraction of sp³-hybridized carbons (Fsp3) is 0.550. The Balaban J connectivity index is 1.44. The Morgan fingerprint density at radius 3 is 3.04 bits per heavy atom. The van der Waals surface area contributed by atoms with E-state index in [0.29, 0.717) is 18.2 Å². The van der Waals surface area contributed by atoms with Gasteiger partial charge in [0.15, 0.2) is 0 Å². The summed E-state index contributed by atoms with van der Waals surface area (Å²) >= 11 is 0. The van der Waals surface area contributed by atoms with Crippen LogP contribution in [0.3, 0.4) is 0 Å². The van der Waals surface area contributed by atoms with Gasteiger partial charge >= 0.3 is 0 Å². The highest BCUT2D eigenvalue weighted by Gasteiger charge is 2.23. The van der Waals surface area contributed by atoms with Gasteiger partial charge in [0.2, 0.25) is 0 Å². The lowest BCUT2D eigenvalue weighted by Crippen LogP contribution is -2.36. The third kappa shape index (κ3) is 3.98. The van der Waals surface area contributed by atoms with E-state index in [1.165, 1.54) is 37.8 Å². The number of aromatic nitrogens is 3. The summed E-state index contributed by atoms with van der Waals surface area (Å²) in [5.74, 6) is 0.681. The fourth-order valence-corrected chi connectivity index (χ4v) is 4.10. The van der Waals surface area contributed by atoms with E-state index in [9.17, 15) is 4.79 Å². The molecule has 0 atom stereocenters. The average Bonchev–Trinajstić information content (AvgIpc) is 3.15. The summed E-state index contributed by atoms with van der Waals surface area (Å²) < 4.78 is 2.02. The van der Waals surface area contributed by atoms with Crippen molar-refractivity contribution in [3.63, 3.8) is 0 Å². The molecule has 0 radical (unpaired) electrons. The van der Waals surface area contributed by atoms with Crippen LogP contribution in [-0.2, 0) is 19.6 Å². The van der Waals surface area contributed by atoms with Gasteiger partial charge < -0.3 is 15.5 Å². The van der Waals surface area contributed by atoms with Gasteiger partial charge in [-0.25, -0.2) is 4.98 Å². The number of carbonyl (C=O) groups is 1. The molecule has 2 aliphatic rings. The van der Waals surface area contributed by atoms with Crippen LogP contribution in [0, 0.1) is 0 Å². The highest BCUT2D eigenvalue weighted by Crippen LogP contribution is 2.27. The summed E-state index contributed by atoms with van der Waals surface area (Å²) in [5.41, 5.74) is 2.70. The van der Waals surface area contributed by atoms with Crippen LogP contribution in [0.4, 0.5) is 5.82 Å². The number of nitrogens with one attached hydrogen (secondary N) is 2. The SMILES string of the molecule is CN(c1ncccc1C(=O)NCc1cc2n(n1)CCNC2)C1CCCCC1. The lowest BCUT2D eigenvalue weighted by Gasteiger charge is -2.33. The molecule has 3 heterocycles. The summed E-state index contributed by atoms with van der Waals surface area (Å²) in [5, 5.41) is 10.9. The molecule has 7 nitrogen and oxygen atoms in total. The minimum atomic E-state index is -0.0927. The number of amides is 1. The molecule has 2 N–H and O–H groups in total. The number of anilines is 1. The monoisotopic (exact) mass is 368 g/mol. The molecular weight excluding hydrogens is 340 g/mol. The second-order valence-electron chi connectivity index (χ2n) is 7.49. The van der Waals surface area contributed by atoms with Gasteiger partial charge in [-0.3, -0.25) is 9.48 Å². The van der Waals surface area contributed by atoms with E-state index < -0.39 is 0 Å². The maximum Gasteiger partial charge on any atom is 0.255 e. The predicted molar refractivity (Wildman–Crippen MR) is 105 cm³/mol. The molecule has 0 aromatic carbocycles. The molecule has 0 bridgehead atoms. The smallest absolute Gasteiger partial charge is 0.255 e. The van der Waals surface area contributed by atoms with E-state index in [-0.39, 0.29) is 5.91 Å². The first-order valence-corrected chi connectivity index (χ1v) is 9.95. The number of carbonyl (C=O) groups excluding carboxylic acids is 1. The topological polar surface area (TPSA) is 75.1 Å². The molecule has 1 fully saturated rings. The van der Waals surface area contributed by atoms with Crippen LogP contribution >= 0.6 is 0 Å². The maximum atomic E-state index is 12.8. The quantitative estimate of drug-likeness (QED) is 0.845. The van der Waals surface area contributed by atoms with E-state index in [1.54, 1.807) is 6.20 Å². The first-order valence-electron chi connectivity index (χ1n) is 9.95. The molecule has 0 saturated heterocycles. The third-order valence-electron chi connectivity index (χ3n) is 5.64. The van der Waals surface area contributed by atoms with Crippen LogP contribution < -0.4 is 15.5 Å². The molecule has 0 unspecified atom stereocenters. The van der Waals surface area contributed by atoms with Crippen molar-refractivity contribution in [2.24, 2.45) is 0 Å². The van der Waals surface area contributed by atoms with Crippen molar-refractivity contribution < 1.29 is 4.79 Å². The zero-order chi connectivity index (χ0) is 18.6. The Hall–Kier alpha value is -2.41. The molecule has 1 amide bonds. The van der Waals surface area contributed by atoms with Crippen molar-refractivity contribution in [1.29, 1.82) is 0 Å². The Bertz CT molecular complexity index is 772. The predicted octanol–water partition coefficient (Wildman–Crippen LogP) is 2.08. The highest BCUT2D eigenvalue weighted by molar-refractivity contribution is 5.98. The van der Waals surface area contributed by atoms with Crippen LogP contribution in [0.25, 0.3) is 0 Å². The Labute approximate surface area is 160 Å². The van der Waals surface area contributed by atoms with E-state index in [2.05, 4.69) is 38.7 Å².